The van der Waals surface area contributed by atoms with Crippen molar-refractivity contribution in [3.05, 3.63) is 64.1 Å². The zero-order chi connectivity index (χ0) is 18.5. The summed E-state index contributed by atoms with van der Waals surface area (Å²) in [6.07, 6.45) is 0. The van der Waals surface area contributed by atoms with E-state index in [0.717, 1.165) is 11.3 Å². The number of carbonyl (C=O) groups is 1. The maximum atomic E-state index is 12.4. The van der Waals surface area contributed by atoms with Gasteiger partial charge in [-0.15, -0.1) is 5.10 Å². The van der Waals surface area contributed by atoms with Gasteiger partial charge in [0.2, 0.25) is 11.1 Å². The predicted molar refractivity (Wildman–Crippen MR) is 103 cm³/mol. The number of hydrogen-bond acceptors (Lipinski definition) is 5. The van der Waals surface area contributed by atoms with Gasteiger partial charge in [0, 0.05) is 23.6 Å². The summed E-state index contributed by atoms with van der Waals surface area (Å²) in [5.41, 5.74) is 1.80. The highest BCUT2D eigenvalue weighted by molar-refractivity contribution is 7.99. The Morgan fingerprint density at radius 1 is 1.08 bits per heavy atom. The number of hydrogen-bond donors (Lipinski definition) is 0. The first-order chi connectivity index (χ1) is 12.5. The fourth-order valence-corrected chi connectivity index (χ4v) is 3.28. The SMILES string of the molecule is CN(Cc1ccc(Cl)cc1)C(=O)CSc1nnnn1-c1ccc(Cl)cc1. The number of rotatable bonds is 6. The van der Waals surface area contributed by atoms with Crippen LogP contribution in [0.5, 0.6) is 0 Å². The molecule has 0 saturated heterocycles. The molecule has 0 fully saturated rings. The molecule has 0 aliphatic carbocycles. The van der Waals surface area contributed by atoms with Gasteiger partial charge in [-0.2, -0.15) is 4.68 Å². The third kappa shape index (κ3) is 4.75. The molecule has 1 heterocycles. The lowest BCUT2D eigenvalue weighted by Gasteiger charge is -2.17. The van der Waals surface area contributed by atoms with Crippen LogP contribution >= 0.6 is 35.0 Å². The van der Waals surface area contributed by atoms with Crippen LogP contribution in [0, 0.1) is 0 Å². The van der Waals surface area contributed by atoms with Gasteiger partial charge < -0.3 is 4.90 Å². The van der Waals surface area contributed by atoms with Crippen LogP contribution in [-0.4, -0.2) is 43.8 Å². The van der Waals surface area contributed by atoms with Gasteiger partial charge in [-0.1, -0.05) is 47.1 Å². The fourth-order valence-electron chi connectivity index (χ4n) is 2.20. The van der Waals surface area contributed by atoms with E-state index in [9.17, 15) is 4.79 Å². The minimum Gasteiger partial charge on any atom is -0.341 e. The molecule has 1 amide bonds. The molecule has 9 heteroatoms. The first-order valence-corrected chi connectivity index (χ1v) is 9.42. The van der Waals surface area contributed by atoms with Gasteiger partial charge >= 0.3 is 0 Å². The van der Waals surface area contributed by atoms with Crippen LogP contribution in [0.2, 0.25) is 10.0 Å². The molecule has 0 unspecified atom stereocenters. The third-order valence-electron chi connectivity index (χ3n) is 3.60. The minimum absolute atomic E-state index is 0.0180. The second-order valence-electron chi connectivity index (χ2n) is 5.51. The van der Waals surface area contributed by atoms with Crippen molar-refractivity contribution >= 4 is 40.9 Å². The molecule has 134 valence electrons. The molecule has 0 N–H and O–H groups in total. The quantitative estimate of drug-likeness (QED) is 0.582. The van der Waals surface area contributed by atoms with E-state index in [2.05, 4.69) is 15.5 Å². The average Bonchev–Trinajstić information content (AvgIpc) is 3.10. The van der Waals surface area contributed by atoms with E-state index in [1.807, 2.05) is 36.4 Å². The number of tetrazole rings is 1. The smallest absolute Gasteiger partial charge is 0.233 e. The zero-order valence-corrected chi connectivity index (χ0v) is 16.2. The molecule has 0 bridgehead atoms. The summed E-state index contributed by atoms with van der Waals surface area (Å²) in [4.78, 5) is 14.0. The molecule has 6 nitrogen and oxygen atoms in total. The number of benzene rings is 2. The van der Waals surface area contributed by atoms with Crippen molar-refractivity contribution in [2.24, 2.45) is 0 Å². The summed E-state index contributed by atoms with van der Waals surface area (Å²) in [6.45, 7) is 0.513. The molecule has 3 aromatic rings. The fraction of sp³-hybridized carbons (Fsp3) is 0.176. The number of amides is 1. The summed E-state index contributed by atoms with van der Waals surface area (Å²) in [5.74, 6) is 0.216. The Balaban J connectivity index is 1.60. The van der Waals surface area contributed by atoms with E-state index in [1.54, 1.807) is 28.8 Å². The van der Waals surface area contributed by atoms with E-state index >= 15 is 0 Å². The van der Waals surface area contributed by atoms with E-state index < -0.39 is 0 Å². The van der Waals surface area contributed by atoms with Crippen LogP contribution in [0.15, 0.2) is 53.7 Å². The second kappa shape index (κ2) is 8.53. The Hall–Kier alpha value is -2.09. The van der Waals surface area contributed by atoms with Crippen LogP contribution in [-0.2, 0) is 11.3 Å². The van der Waals surface area contributed by atoms with Crippen molar-refractivity contribution in [3.63, 3.8) is 0 Å². The predicted octanol–water partition coefficient (Wildman–Crippen LogP) is 3.72. The van der Waals surface area contributed by atoms with Gasteiger partial charge in [0.15, 0.2) is 0 Å². The highest BCUT2D eigenvalue weighted by atomic mass is 35.5. The maximum absolute atomic E-state index is 12.4. The molecule has 2 aromatic carbocycles. The summed E-state index contributed by atoms with van der Waals surface area (Å²) in [7, 11) is 1.76. The highest BCUT2D eigenvalue weighted by Gasteiger charge is 2.14. The molecule has 0 radical (unpaired) electrons. The lowest BCUT2D eigenvalue weighted by Crippen LogP contribution is -2.27. The van der Waals surface area contributed by atoms with Gasteiger partial charge in [0.1, 0.15) is 0 Å². The molecular formula is C17H15Cl2N5OS. The molecule has 0 aliphatic rings. The van der Waals surface area contributed by atoms with Crippen LogP contribution in [0.1, 0.15) is 5.56 Å². The van der Waals surface area contributed by atoms with Crippen molar-refractivity contribution < 1.29 is 4.79 Å². The van der Waals surface area contributed by atoms with E-state index in [4.69, 9.17) is 23.2 Å². The van der Waals surface area contributed by atoms with Gasteiger partial charge in [-0.25, -0.2) is 0 Å². The zero-order valence-electron chi connectivity index (χ0n) is 13.8. The van der Waals surface area contributed by atoms with Crippen molar-refractivity contribution in [3.8, 4) is 5.69 Å². The van der Waals surface area contributed by atoms with Crippen molar-refractivity contribution in [1.29, 1.82) is 0 Å². The largest absolute Gasteiger partial charge is 0.341 e. The first kappa shape index (κ1) is 18.7. The monoisotopic (exact) mass is 407 g/mol. The van der Waals surface area contributed by atoms with E-state index in [1.165, 1.54) is 11.8 Å². The van der Waals surface area contributed by atoms with Crippen LogP contribution in [0.25, 0.3) is 5.69 Å². The van der Waals surface area contributed by atoms with Crippen molar-refractivity contribution in [1.82, 2.24) is 25.1 Å². The lowest BCUT2D eigenvalue weighted by atomic mass is 10.2. The molecule has 0 saturated carbocycles. The Morgan fingerprint density at radius 2 is 1.69 bits per heavy atom. The van der Waals surface area contributed by atoms with Crippen LogP contribution in [0.3, 0.4) is 0 Å². The minimum atomic E-state index is -0.0180. The van der Waals surface area contributed by atoms with Gasteiger partial charge in [0.05, 0.1) is 11.4 Å². The number of thioether (sulfide) groups is 1. The maximum Gasteiger partial charge on any atom is 0.233 e. The second-order valence-corrected chi connectivity index (χ2v) is 7.33. The molecular weight excluding hydrogens is 393 g/mol. The number of nitrogens with zero attached hydrogens (tertiary/aromatic N) is 5. The standard InChI is InChI=1S/C17H15Cl2N5OS/c1-23(10-12-2-4-13(18)5-3-12)16(25)11-26-17-20-21-22-24(17)15-8-6-14(19)7-9-15/h2-9H,10-11H2,1H3. The van der Waals surface area contributed by atoms with Crippen LogP contribution in [0.4, 0.5) is 0 Å². The number of aromatic nitrogens is 4. The van der Waals surface area contributed by atoms with Crippen molar-refractivity contribution in [2.75, 3.05) is 12.8 Å². The van der Waals surface area contributed by atoms with Gasteiger partial charge in [-0.3, -0.25) is 4.79 Å². The highest BCUT2D eigenvalue weighted by Crippen LogP contribution is 2.20. The molecule has 0 aliphatic heterocycles. The van der Waals surface area contributed by atoms with Gasteiger partial charge in [-0.05, 0) is 52.4 Å². The topological polar surface area (TPSA) is 63.9 Å². The lowest BCUT2D eigenvalue weighted by molar-refractivity contribution is -0.127. The Kier molecular flexibility index (Phi) is 6.13. The molecule has 3 rings (SSSR count). The summed E-state index contributed by atoms with van der Waals surface area (Å²) < 4.78 is 1.58. The Labute approximate surface area is 165 Å². The average molecular weight is 408 g/mol. The number of halogens is 2. The van der Waals surface area contributed by atoms with Crippen LogP contribution < -0.4 is 0 Å². The molecule has 26 heavy (non-hydrogen) atoms. The van der Waals surface area contributed by atoms with E-state index in [-0.39, 0.29) is 11.7 Å². The third-order valence-corrected chi connectivity index (χ3v) is 5.00. The first-order valence-electron chi connectivity index (χ1n) is 7.68. The summed E-state index contributed by atoms with van der Waals surface area (Å²) in [5, 5.41) is 13.5. The normalized spacial score (nSPS) is 10.7. The molecule has 0 atom stereocenters. The molecule has 0 spiro atoms. The Morgan fingerprint density at radius 3 is 2.35 bits per heavy atom. The van der Waals surface area contributed by atoms with E-state index in [0.29, 0.717) is 21.7 Å². The van der Waals surface area contributed by atoms with Gasteiger partial charge in [0.25, 0.3) is 0 Å². The molecule has 1 aromatic heterocycles. The van der Waals surface area contributed by atoms with Crippen molar-refractivity contribution in [2.45, 2.75) is 11.7 Å². The summed E-state index contributed by atoms with van der Waals surface area (Å²) in [6, 6.07) is 14.6. The summed E-state index contributed by atoms with van der Waals surface area (Å²) >= 11 is 13.1. The number of carbonyl (C=O) groups excluding carboxylic acids is 1. The Bertz CT molecular complexity index is 883.